The van der Waals surface area contributed by atoms with Gasteiger partial charge in [-0.25, -0.2) is 0 Å². The lowest BCUT2D eigenvalue weighted by molar-refractivity contribution is -0.126. The minimum absolute atomic E-state index is 0.0180. The number of methoxy groups -OCH3 is 1. The Kier molecular flexibility index (Phi) is 5.97. The maximum Gasteiger partial charge on any atom is 0.226 e. The smallest absolute Gasteiger partial charge is 0.226 e. The third-order valence-corrected chi connectivity index (χ3v) is 6.38. The van der Waals surface area contributed by atoms with Crippen molar-refractivity contribution in [2.75, 3.05) is 33.5 Å². The van der Waals surface area contributed by atoms with E-state index in [-0.39, 0.29) is 17.2 Å². The number of rotatable bonds is 5. The molecule has 1 N–H and O–H groups in total. The predicted molar refractivity (Wildman–Crippen MR) is 112 cm³/mol. The van der Waals surface area contributed by atoms with Gasteiger partial charge in [-0.15, -0.1) is 0 Å². The van der Waals surface area contributed by atoms with Crippen LogP contribution in [0.25, 0.3) is 0 Å². The molecule has 1 saturated heterocycles. The quantitative estimate of drug-likeness (QED) is 0.807. The first-order valence-electron chi connectivity index (χ1n) is 10.0. The van der Waals surface area contributed by atoms with Gasteiger partial charge < -0.3 is 19.5 Å². The van der Waals surface area contributed by atoms with Crippen molar-refractivity contribution in [3.05, 3.63) is 58.6 Å². The largest absolute Gasteiger partial charge is 0.497 e. The van der Waals surface area contributed by atoms with Gasteiger partial charge in [0.05, 0.1) is 13.0 Å². The molecule has 2 aliphatic rings. The second-order valence-corrected chi connectivity index (χ2v) is 8.18. The third-order valence-electron chi connectivity index (χ3n) is 6.05. The molecule has 0 spiro atoms. The lowest BCUT2D eigenvalue weighted by Crippen LogP contribution is -2.47. The molecule has 4 rings (SSSR count). The normalized spacial score (nSPS) is 20.3. The number of carbonyl (C=O) groups excluding carboxylic acids is 1. The molecule has 0 saturated carbocycles. The van der Waals surface area contributed by atoms with E-state index in [2.05, 4.69) is 11.4 Å². The van der Waals surface area contributed by atoms with Crippen LogP contribution >= 0.6 is 11.6 Å². The van der Waals surface area contributed by atoms with E-state index in [0.717, 1.165) is 40.5 Å². The van der Waals surface area contributed by atoms with Crippen molar-refractivity contribution < 1.29 is 19.0 Å². The van der Waals surface area contributed by atoms with Gasteiger partial charge in [0.15, 0.2) is 0 Å². The van der Waals surface area contributed by atoms with Crippen LogP contribution in [0.2, 0.25) is 5.02 Å². The Morgan fingerprint density at radius 2 is 2.03 bits per heavy atom. The Morgan fingerprint density at radius 1 is 1.24 bits per heavy atom. The van der Waals surface area contributed by atoms with Crippen molar-refractivity contribution in [2.24, 2.45) is 5.92 Å². The van der Waals surface area contributed by atoms with E-state index in [1.807, 2.05) is 36.4 Å². The predicted octanol–water partition coefficient (Wildman–Crippen LogP) is 3.76. The first-order chi connectivity index (χ1) is 14.1. The Labute approximate surface area is 176 Å². The summed E-state index contributed by atoms with van der Waals surface area (Å²) in [7, 11) is 1.63. The molecule has 0 bridgehead atoms. The standard InChI is InChI=1S/C23H26ClNO4/c1-27-18-7-6-16-12-17(14-29-21(16)13-18)22(26)25-15-23(8-10-28-11-9-23)19-4-2-3-5-20(19)24/h2-7,13,17H,8-12,14-15H2,1H3,(H,25,26). The Hall–Kier alpha value is -2.24. The fraction of sp³-hybridized carbons (Fsp3) is 0.435. The van der Waals surface area contributed by atoms with Crippen LogP contribution in [0.4, 0.5) is 0 Å². The molecule has 6 heteroatoms. The number of halogens is 1. The molecule has 1 fully saturated rings. The summed E-state index contributed by atoms with van der Waals surface area (Å²) in [6.45, 7) is 2.25. The Balaban J connectivity index is 1.45. The second kappa shape index (κ2) is 8.64. The van der Waals surface area contributed by atoms with E-state index in [0.29, 0.717) is 32.8 Å². The van der Waals surface area contributed by atoms with Crippen molar-refractivity contribution in [3.63, 3.8) is 0 Å². The van der Waals surface area contributed by atoms with Gasteiger partial charge in [0, 0.05) is 36.3 Å². The van der Waals surface area contributed by atoms with Gasteiger partial charge in [0.2, 0.25) is 5.91 Å². The fourth-order valence-electron chi connectivity index (χ4n) is 4.24. The van der Waals surface area contributed by atoms with Crippen molar-refractivity contribution in [1.29, 1.82) is 0 Å². The summed E-state index contributed by atoms with van der Waals surface area (Å²) in [4.78, 5) is 13.0. The van der Waals surface area contributed by atoms with Crippen molar-refractivity contribution in [3.8, 4) is 11.5 Å². The summed E-state index contributed by atoms with van der Waals surface area (Å²) in [5.41, 5.74) is 1.92. The lowest BCUT2D eigenvalue weighted by Gasteiger charge is -2.39. The monoisotopic (exact) mass is 415 g/mol. The number of amides is 1. The molecule has 1 atom stereocenters. The van der Waals surface area contributed by atoms with E-state index in [9.17, 15) is 4.79 Å². The number of hydrogen-bond donors (Lipinski definition) is 1. The SMILES string of the molecule is COc1ccc2c(c1)OCC(C(=O)NCC1(c3ccccc3Cl)CCOCC1)C2. The summed E-state index contributed by atoms with van der Waals surface area (Å²) in [5.74, 6) is 1.36. The number of ether oxygens (including phenoxy) is 3. The first-order valence-corrected chi connectivity index (χ1v) is 10.4. The van der Waals surface area contributed by atoms with Crippen LogP contribution in [-0.2, 0) is 21.4 Å². The van der Waals surface area contributed by atoms with Gasteiger partial charge in [-0.05, 0) is 42.5 Å². The number of carbonyl (C=O) groups is 1. The molecule has 2 heterocycles. The van der Waals surface area contributed by atoms with Crippen molar-refractivity contribution in [2.45, 2.75) is 24.7 Å². The van der Waals surface area contributed by atoms with Crippen LogP contribution in [0.1, 0.15) is 24.0 Å². The zero-order valence-corrected chi connectivity index (χ0v) is 17.3. The second-order valence-electron chi connectivity index (χ2n) is 7.78. The van der Waals surface area contributed by atoms with Gasteiger partial charge in [0.25, 0.3) is 0 Å². The molecular weight excluding hydrogens is 390 g/mol. The number of nitrogens with one attached hydrogen (secondary N) is 1. The highest BCUT2D eigenvalue weighted by Gasteiger charge is 2.37. The topological polar surface area (TPSA) is 56.8 Å². The molecule has 0 aromatic heterocycles. The molecule has 2 aromatic rings. The molecule has 5 nitrogen and oxygen atoms in total. The maximum atomic E-state index is 13.0. The van der Waals surface area contributed by atoms with Crippen LogP contribution in [0.15, 0.2) is 42.5 Å². The third kappa shape index (κ3) is 4.21. The van der Waals surface area contributed by atoms with Gasteiger partial charge in [-0.2, -0.15) is 0 Å². The summed E-state index contributed by atoms with van der Waals surface area (Å²) >= 11 is 6.51. The Morgan fingerprint density at radius 3 is 2.79 bits per heavy atom. The Bertz CT molecular complexity index is 879. The highest BCUT2D eigenvalue weighted by Crippen LogP contribution is 2.38. The van der Waals surface area contributed by atoms with E-state index < -0.39 is 0 Å². The molecule has 0 aliphatic carbocycles. The fourth-order valence-corrected chi connectivity index (χ4v) is 4.58. The van der Waals surface area contributed by atoms with Crippen LogP contribution in [-0.4, -0.2) is 39.4 Å². The minimum Gasteiger partial charge on any atom is -0.497 e. The van der Waals surface area contributed by atoms with E-state index in [1.165, 1.54) is 0 Å². The van der Waals surface area contributed by atoms with Crippen molar-refractivity contribution >= 4 is 17.5 Å². The minimum atomic E-state index is -0.209. The van der Waals surface area contributed by atoms with E-state index in [1.54, 1.807) is 7.11 Å². The molecule has 1 amide bonds. The molecule has 1 unspecified atom stereocenters. The molecule has 2 aromatic carbocycles. The van der Waals surface area contributed by atoms with Crippen molar-refractivity contribution in [1.82, 2.24) is 5.32 Å². The van der Waals surface area contributed by atoms with Gasteiger partial charge in [0.1, 0.15) is 18.1 Å². The average Bonchev–Trinajstić information content (AvgIpc) is 2.77. The molecule has 154 valence electrons. The lowest BCUT2D eigenvalue weighted by atomic mass is 9.74. The zero-order chi connectivity index (χ0) is 20.3. The maximum absolute atomic E-state index is 13.0. The molecule has 2 aliphatic heterocycles. The van der Waals surface area contributed by atoms with E-state index in [4.69, 9.17) is 25.8 Å². The highest BCUT2D eigenvalue weighted by atomic mass is 35.5. The highest BCUT2D eigenvalue weighted by molar-refractivity contribution is 6.31. The molecule has 29 heavy (non-hydrogen) atoms. The van der Waals surface area contributed by atoms with Crippen LogP contribution in [0, 0.1) is 5.92 Å². The summed E-state index contributed by atoms with van der Waals surface area (Å²) in [6, 6.07) is 13.7. The number of hydrogen-bond acceptors (Lipinski definition) is 4. The van der Waals surface area contributed by atoms with E-state index >= 15 is 0 Å². The van der Waals surface area contributed by atoms with Gasteiger partial charge >= 0.3 is 0 Å². The molecule has 0 radical (unpaired) electrons. The van der Waals surface area contributed by atoms with Crippen LogP contribution in [0.3, 0.4) is 0 Å². The number of benzene rings is 2. The summed E-state index contributed by atoms with van der Waals surface area (Å²) in [6.07, 6.45) is 2.33. The summed E-state index contributed by atoms with van der Waals surface area (Å²) < 4.78 is 16.7. The average molecular weight is 416 g/mol. The van der Waals surface area contributed by atoms with Crippen LogP contribution < -0.4 is 14.8 Å². The first kappa shape index (κ1) is 20.0. The number of fused-ring (bicyclic) bond motifs is 1. The van der Waals surface area contributed by atoms with Gasteiger partial charge in [-0.1, -0.05) is 35.9 Å². The van der Waals surface area contributed by atoms with Gasteiger partial charge in [-0.3, -0.25) is 4.79 Å². The molecular formula is C23H26ClNO4. The summed E-state index contributed by atoms with van der Waals surface area (Å²) in [5, 5.41) is 3.93. The zero-order valence-electron chi connectivity index (χ0n) is 16.6. The van der Waals surface area contributed by atoms with Crippen LogP contribution in [0.5, 0.6) is 11.5 Å².